The normalized spacial score (nSPS) is 43.8. The standard InChI is InChI=1S/C11H16O2/c1-7(10(12)13)11(2)6-8-3-4-9(11)5-8/h3-4,7-9H,5-6H2,1-2H3,(H,12,13). The molecule has 2 nitrogen and oxygen atoms in total. The van der Waals surface area contributed by atoms with E-state index in [1.807, 2.05) is 6.92 Å². The molecule has 4 atom stereocenters. The van der Waals surface area contributed by atoms with Gasteiger partial charge in [0.1, 0.15) is 0 Å². The van der Waals surface area contributed by atoms with E-state index in [2.05, 4.69) is 19.1 Å². The molecule has 1 N–H and O–H groups in total. The Hall–Kier alpha value is -0.790. The van der Waals surface area contributed by atoms with Crippen LogP contribution in [0.4, 0.5) is 0 Å². The second-order valence-corrected chi connectivity index (χ2v) is 4.76. The van der Waals surface area contributed by atoms with Crippen LogP contribution in [0.25, 0.3) is 0 Å². The maximum atomic E-state index is 10.9. The Morgan fingerprint density at radius 1 is 1.62 bits per heavy atom. The van der Waals surface area contributed by atoms with E-state index in [0.717, 1.165) is 6.42 Å². The van der Waals surface area contributed by atoms with Gasteiger partial charge in [-0.2, -0.15) is 0 Å². The summed E-state index contributed by atoms with van der Waals surface area (Å²) in [4.78, 5) is 10.9. The monoisotopic (exact) mass is 180 g/mol. The molecule has 2 aliphatic carbocycles. The van der Waals surface area contributed by atoms with E-state index >= 15 is 0 Å². The fourth-order valence-electron chi connectivity index (χ4n) is 2.91. The zero-order chi connectivity index (χ0) is 9.64. The SMILES string of the molecule is CC(C(=O)O)C1(C)CC2C=CC1C2. The van der Waals surface area contributed by atoms with Crippen LogP contribution in [0.3, 0.4) is 0 Å². The summed E-state index contributed by atoms with van der Waals surface area (Å²) in [6.45, 7) is 3.97. The van der Waals surface area contributed by atoms with Crippen molar-refractivity contribution in [2.75, 3.05) is 0 Å². The second kappa shape index (κ2) is 2.60. The van der Waals surface area contributed by atoms with Crippen molar-refractivity contribution in [1.29, 1.82) is 0 Å². The van der Waals surface area contributed by atoms with E-state index in [0.29, 0.717) is 11.8 Å². The van der Waals surface area contributed by atoms with Crippen LogP contribution >= 0.6 is 0 Å². The highest BCUT2D eigenvalue weighted by Crippen LogP contribution is 2.55. The fraction of sp³-hybridized carbons (Fsp3) is 0.727. The maximum Gasteiger partial charge on any atom is 0.306 e. The van der Waals surface area contributed by atoms with Crippen LogP contribution in [-0.2, 0) is 4.79 Å². The molecule has 0 spiro atoms. The van der Waals surface area contributed by atoms with Crippen molar-refractivity contribution in [2.45, 2.75) is 26.7 Å². The summed E-state index contributed by atoms with van der Waals surface area (Å²) < 4.78 is 0. The van der Waals surface area contributed by atoms with Gasteiger partial charge in [-0.05, 0) is 30.1 Å². The number of carbonyl (C=O) groups is 1. The molecule has 0 radical (unpaired) electrons. The average Bonchev–Trinajstić information content (AvgIpc) is 2.62. The van der Waals surface area contributed by atoms with Gasteiger partial charge in [-0.15, -0.1) is 0 Å². The third-order valence-electron chi connectivity index (χ3n) is 4.08. The number of carboxylic acid groups (broad SMARTS) is 1. The summed E-state index contributed by atoms with van der Waals surface area (Å²) >= 11 is 0. The Balaban J connectivity index is 2.23. The van der Waals surface area contributed by atoms with Crippen LogP contribution in [0.15, 0.2) is 12.2 Å². The molecule has 0 heterocycles. The summed E-state index contributed by atoms with van der Waals surface area (Å²) in [7, 11) is 0. The summed E-state index contributed by atoms with van der Waals surface area (Å²) in [5.41, 5.74) is 0.00521. The van der Waals surface area contributed by atoms with Gasteiger partial charge in [0.2, 0.25) is 0 Å². The zero-order valence-electron chi connectivity index (χ0n) is 8.16. The van der Waals surface area contributed by atoms with Crippen molar-refractivity contribution in [3.8, 4) is 0 Å². The van der Waals surface area contributed by atoms with E-state index in [4.69, 9.17) is 5.11 Å². The Morgan fingerprint density at radius 3 is 2.69 bits per heavy atom. The molecule has 4 unspecified atom stereocenters. The van der Waals surface area contributed by atoms with Crippen molar-refractivity contribution in [3.05, 3.63) is 12.2 Å². The lowest BCUT2D eigenvalue weighted by Crippen LogP contribution is -2.34. The van der Waals surface area contributed by atoms with Crippen LogP contribution in [0.2, 0.25) is 0 Å². The minimum atomic E-state index is -0.650. The number of fused-ring (bicyclic) bond motifs is 2. The quantitative estimate of drug-likeness (QED) is 0.662. The van der Waals surface area contributed by atoms with Crippen molar-refractivity contribution >= 4 is 5.97 Å². The first-order chi connectivity index (χ1) is 6.04. The minimum absolute atomic E-state index is 0.00521. The van der Waals surface area contributed by atoms with Crippen LogP contribution in [0, 0.1) is 23.2 Å². The first-order valence-electron chi connectivity index (χ1n) is 4.95. The molecule has 13 heavy (non-hydrogen) atoms. The first-order valence-corrected chi connectivity index (χ1v) is 4.95. The molecule has 2 bridgehead atoms. The Morgan fingerprint density at radius 2 is 2.31 bits per heavy atom. The lowest BCUT2D eigenvalue weighted by atomic mass is 9.69. The molecule has 0 aliphatic heterocycles. The highest BCUT2D eigenvalue weighted by Gasteiger charge is 2.50. The van der Waals surface area contributed by atoms with Crippen LogP contribution in [-0.4, -0.2) is 11.1 Å². The maximum absolute atomic E-state index is 10.9. The predicted molar refractivity (Wildman–Crippen MR) is 50.3 cm³/mol. The third-order valence-corrected chi connectivity index (χ3v) is 4.08. The predicted octanol–water partition coefficient (Wildman–Crippen LogP) is 2.31. The van der Waals surface area contributed by atoms with E-state index in [1.54, 1.807) is 0 Å². The Kier molecular flexibility index (Phi) is 1.76. The summed E-state index contributed by atoms with van der Waals surface area (Å²) in [6, 6.07) is 0. The molecule has 2 rings (SSSR count). The molecule has 1 fully saturated rings. The summed E-state index contributed by atoms with van der Waals surface area (Å²) in [6.07, 6.45) is 6.70. The van der Waals surface area contributed by atoms with Gasteiger partial charge in [-0.1, -0.05) is 26.0 Å². The van der Waals surface area contributed by atoms with Crippen molar-refractivity contribution in [1.82, 2.24) is 0 Å². The Labute approximate surface area is 78.6 Å². The topological polar surface area (TPSA) is 37.3 Å². The molecule has 2 heteroatoms. The van der Waals surface area contributed by atoms with E-state index in [1.165, 1.54) is 6.42 Å². The molecule has 0 aromatic rings. The molecule has 0 aromatic carbocycles. The van der Waals surface area contributed by atoms with Crippen molar-refractivity contribution in [2.24, 2.45) is 23.2 Å². The van der Waals surface area contributed by atoms with E-state index in [9.17, 15) is 4.79 Å². The summed E-state index contributed by atoms with van der Waals surface area (Å²) in [5, 5.41) is 9.01. The van der Waals surface area contributed by atoms with E-state index in [-0.39, 0.29) is 11.3 Å². The smallest absolute Gasteiger partial charge is 0.306 e. The average molecular weight is 180 g/mol. The Bertz CT molecular complexity index is 269. The van der Waals surface area contributed by atoms with Gasteiger partial charge >= 0.3 is 5.97 Å². The number of rotatable bonds is 2. The van der Waals surface area contributed by atoms with Gasteiger partial charge in [0.05, 0.1) is 5.92 Å². The van der Waals surface area contributed by atoms with Crippen molar-refractivity contribution < 1.29 is 9.90 Å². The lowest BCUT2D eigenvalue weighted by molar-refractivity contribution is -0.146. The highest BCUT2D eigenvalue weighted by atomic mass is 16.4. The number of allylic oxidation sites excluding steroid dienone is 2. The van der Waals surface area contributed by atoms with Gasteiger partial charge < -0.3 is 5.11 Å². The van der Waals surface area contributed by atoms with Crippen LogP contribution in [0.5, 0.6) is 0 Å². The second-order valence-electron chi connectivity index (χ2n) is 4.76. The molecule has 72 valence electrons. The fourth-order valence-corrected chi connectivity index (χ4v) is 2.91. The first kappa shape index (κ1) is 8.79. The number of aliphatic carboxylic acids is 1. The zero-order valence-corrected chi connectivity index (χ0v) is 8.16. The van der Waals surface area contributed by atoms with Crippen molar-refractivity contribution in [3.63, 3.8) is 0 Å². The van der Waals surface area contributed by atoms with Crippen LogP contribution in [0.1, 0.15) is 26.7 Å². The molecule has 2 aliphatic rings. The molecule has 0 saturated heterocycles. The highest BCUT2D eigenvalue weighted by molar-refractivity contribution is 5.70. The number of hydrogen-bond donors (Lipinski definition) is 1. The number of carboxylic acids is 1. The lowest BCUT2D eigenvalue weighted by Gasteiger charge is -2.35. The van der Waals surface area contributed by atoms with Gasteiger partial charge in [0.25, 0.3) is 0 Å². The molecular weight excluding hydrogens is 164 g/mol. The molecule has 1 saturated carbocycles. The molecular formula is C11H16O2. The van der Waals surface area contributed by atoms with Gasteiger partial charge in [-0.3, -0.25) is 4.79 Å². The van der Waals surface area contributed by atoms with Crippen LogP contribution < -0.4 is 0 Å². The molecule has 0 aromatic heterocycles. The van der Waals surface area contributed by atoms with Gasteiger partial charge in [0.15, 0.2) is 0 Å². The number of hydrogen-bond acceptors (Lipinski definition) is 1. The van der Waals surface area contributed by atoms with Gasteiger partial charge in [-0.25, -0.2) is 0 Å². The molecule has 0 amide bonds. The summed E-state index contributed by atoms with van der Waals surface area (Å²) in [5.74, 6) is 0.288. The third kappa shape index (κ3) is 1.11. The van der Waals surface area contributed by atoms with E-state index < -0.39 is 5.97 Å². The van der Waals surface area contributed by atoms with Gasteiger partial charge in [0, 0.05) is 0 Å². The minimum Gasteiger partial charge on any atom is -0.481 e. The largest absolute Gasteiger partial charge is 0.481 e.